The molecule has 0 fully saturated rings. The highest BCUT2D eigenvalue weighted by Gasteiger charge is 2.12. The first kappa shape index (κ1) is 17.3. The summed E-state index contributed by atoms with van der Waals surface area (Å²) in [6.07, 6.45) is -0.839. The summed E-state index contributed by atoms with van der Waals surface area (Å²) in [6, 6.07) is 0. The van der Waals surface area contributed by atoms with Crippen LogP contribution in [0.1, 0.15) is 27.2 Å². The van der Waals surface area contributed by atoms with E-state index in [1.165, 1.54) is 0 Å². The fourth-order valence-electron chi connectivity index (χ4n) is 1.55. The standard InChI is InChI=1S/C12H26N2O4/c1-8(2)4-9(3)18-7-10(15)5-14-6-11(16)12(13)17/h8-11,14-16H,4-7H2,1-3H3,(H2,13,17). The van der Waals surface area contributed by atoms with Crippen LogP contribution in [0, 0.1) is 5.92 Å². The molecular formula is C12H26N2O4. The zero-order chi connectivity index (χ0) is 14.1. The van der Waals surface area contributed by atoms with Crippen molar-refractivity contribution in [3.8, 4) is 0 Å². The lowest BCUT2D eigenvalue weighted by molar-refractivity contribution is -0.125. The Morgan fingerprint density at radius 2 is 1.89 bits per heavy atom. The first-order valence-electron chi connectivity index (χ1n) is 6.30. The van der Waals surface area contributed by atoms with Crippen molar-refractivity contribution in [3.63, 3.8) is 0 Å². The van der Waals surface area contributed by atoms with Gasteiger partial charge in [-0.05, 0) is 19.3 Å². The highest BCUT2D eigenvalue weighted by atomic mass is 16.5. The van der Waals surface area contributed by atoms with Crippen molar-refractivity contribution in [3.05, 3.63) is 0 Å². The van der Waals surface area contributed by atoms with Crippen LogP contribution in [-0.2, 0) is 9.53 Å². The molecule has 108 valence electrons. The maximum absolute atomic E-state index is 10.5. The third-order valence-corrected chi connectivity index (χ3v) is 2.42. The van der Waals surface area contributed by atoms with Crippen molar-refractivity contribution in [2.24, 2.45) is 11.7 Å². The lowest BCUT2D eigenvalue weighted by Crippen LogP contribution is -2.41. The van der Waals surface area contributed by atoms with Gasteiger partial charge in [-0.3, -0.25) is 4.79 Å². The molecule has 3 unspecified atom stereocenters. The smallest absolute Gasteiger partial charge is 0.247 e. The summed E-state index contributed by atoms with van der Waals surface area (Å²) in [6.45, 7) is 6.71. The van der Waals surface area contributed by atoms with Crippen LogP contribution in [0.25, 0.3) is 0 Å². The zero-order valence-electron chi connectivity index (χ0n) is 11.4. The summed E-state index contributed by atoms with van der Waals surface area (Å²) >= 11 is 0. The van der Waals surface area contributed by atoms with Crippen LogP contribution >= 0.6 is 0 Å². The number of rotatable bonds is 10. The minimum atomic E-state index is -1.22. The average Bonchev–Trinajstić information content (AvgIpc) is 2.25. The van der Waals surface area contributed by atoms with E-state index in [9.17, 15) is 9.90 Å². The van der Waals surface area contributed by atoms with Crippen molar-refractivity contribution >= 4 is 5.91 Å². The van der Waals surface area contributed by atoms with Crippen LogP contribution in [0.3, 0.4) is 0 Å². The van der Waals surface area contributed by atoms with Gasteiger partial charge in [0, 0.05) is 13.1 Å². The number of hydrogen-bond donors (Lipinski definition) is 4. The Morgan fingerprint density at radius 1 is 1.28 bits per heavy atom. The Hall–Kier alpha value is -0.690. The molecule has 0 aromatic heterocycles. The van der Waals surface area contributed by atoms with E-state index in [4.69, 9.17) is 15.6 Å². The second-order valence-electron chi connectivity index (χ2n) is 5.00. The van der Waals surface area contributed by atoms with Gasteiger partial charge in [0.05, 0.1) is 18.8 Å². The number of nitrogens with one attached hydrogen (secondary N) is 1. The summed E-state index contributed by atoms with van der Waals surface area (Å²) in [5, 5.41) is 21.5. The van der Waals surface area contributed by atoms with Gasteiger partial charge in [0.15, 0.2) is 0 Å². The summed E-state index contributed by atoms with van der Waals surface area (Å²) < 4.78 is 5.48. The molecule has 0 aliphatic heterocycles. The quantitative estimate of drug-likeness (QED) is 0.414. The number of hydrogen-bond acceptors (Lipinski definition) is 5. The highest BCUT2D eigenvalue weighted by molar-refractivity contribution is 5.78. The summed E-state index contributed by atoms with van der Waals surface area (Å²) in [7, 11) is 0. The molecule has 0 rings (SSSR count). The summed E-state index contributed by atoms with van der Waals surface area (Å²) in [5.41, 5.74) is 4.88. The van der Waals surface area contributed by atoms with Crippen LogP contribution < -0.4 is 11.1 Å². The average molecular weight is 262 g/mol. The van der Waals surface area contributed by atoms with Crippen molar-refractivity contribution in [1.82, 2.24) is 5.32 Å². The first-order chi connectivity index (χ1) is 8.32. The Balaban J connectivity index is 3.59. The fraction of sp³-hybridized carbons (Fsp3) is 0.917. The van der Waals surface area contributed by atoms with E-state index in [1.807, 2.05) is 6.92 Å². The molecule has 0 aromatic rings. The molecule has 1 amide bonds. The summed E-state index contributed by atoms with van der Waals surface area (Å²) in [4.78, 5) is 10.5. The normalized spacial score (nSPS) is 16.6. The maximum atomic E-state index is 10.5. The molecule has 0 aliphatic rings. The molecule has 6 nitrogen and oxygen atoms in total. The molecule has 0 saturated carbocycles. The van der Waals surface area contributed by atoms with Crippen LogP contribution in [0.15, 0.2) is 0 Å². The molecule has 0 bridgehead atoms. The van der Waals surface area contributed by atoms with Crippen LogP contribution in [-0.4, -0.2) is 54.1 Å². The Bertz CT molecular complexity index is 236. The number of ether oxygens (including phenoxy) is 1. The largest absolute Gasteiger partial charge is 0.389 e. The van der Waals surface area contributed by atoms with E-state index in [0.717, 1.165) is 6.42 Å². The zero-order valence-corrected chi connectivity index (χ0v) is 11.4. The number of aliphatic hydroxyl groups is 2. The highest BCUT2D eigenvalue weighted by Crippen LogP contribution is 2.07. The van der Waals surface area contributed by atoms with Gasteiger partial charge in [-0.2, -0.15) is 0 Å². The lowest BCUT2D eigenvalue weighted by Gasteiger charge is -2.18. The molecule has 18 heavy (non-hydrogen) atoms. The molecule has 3 atom stereocenters. The van der Waals surface area contributed by atoms with Crippen molar-refractivity contribution in [2.45, 2.75) is 45.5 Å². The fourth-order valence-corrected chi connectivity index (χ4v) is 1.55. The third-order valence-electron chi connectivity index (χ3n) is 2.42. The molecular weight excluding hydrogens is 236 g/mol. The number of primary amides is 1. The predicted molar refractivity (Wildman–Crippen MR) is 68.9 cm³/mol. The number of carbonyl (C=O) groups excluding carboxylic acids is 1. The SMILES string of the molecule is CC(C)CC(C)OCC(O)CNCC(O)C(N)=O. The van der Waals surface area contributed by atoms with E-state index in [1.54, 1.807) is 0 Å². The third kappa shape index (κ3) is 9.35. The number of amides is 1. The summed E-state index contributed by atoms with van der Waals surface area (Å²) in [5.74, 6) is -0.222. The van der Waals surface area contributed by atoms with Gasteiger partial charge in [-0.25, -0.2) is 0 Å². The Morgan fingerprint density at radius 3 is 2.39 bits per heavy atom. The molecule has 0 aliphatic carbocycles. The maximum Gasteiger partial charge on any atom is 0.247 e. The van der Waals surface area contributed by atoms with E-state index in [2.05, 4.69) is 19.2 Å². The van der Waals surface area contributed by atoms with E-state index < -0.39 is 18.1 Å². The van der Waals surface area contributed by atoms with Gasteiger partial charge < -0.3 is 26.0 Å². The Kier molecular flexibility index (Phi) is 8.91. The topological polar surface area (TPSA) is 105 Å². The van der Waals surface area contributed by atoms with Crippen LogP contribution in [0.2, 0.25) is 0 Å². The second-order valence-corrected chi connectivity index (χ2v) is 5.00. The molecule has 5 N–H and O–H groups in total. The minimum absolute atomic E-state index is 0.0357. The number of carbonyl (C=O) groups is 1. The molecule has 0 spiro atoms. The van der Waals surface area contributed by atoms with Gasteiger partial charge in [0.1, 0.15) is 6.10 Å². The predicted octanol–water partition coefficient (Wildman–Crippen LogP) is -0.766. The van der Waals surface area contributed by atoms with Gasteiger partial charge in [0.25, 0.3) is 0 Å². The molecule has 0 radical (unpaired) electrons. The molecule has 6 heteroatoms. The van der Waals surface area contributed by atoms with Crippen molar-refractivity contribution < 1.29 is 19.7 Å². The van der Waals surface area contributed by atoms with Gasteiger partial charge in [0.2, 0.25) is 5.91 Å². The number of nitrogens with two attached hydrogens (primary N) is 1. The number of aliphatic hydroxyl groups excluding tert-OH is 2. The van der Waals surface area contributed by atoms with E-state index >= 15 is 0 Å². The molecule has 0 aromatic carbocycles. The lowest BCUT2D eigenvalue weighted by atomic mass is 10.1. The van der Waals surface area contributed by atoms with Gasteiger partial charge in [-0.15, -0.1) is 0 Å². The second kappa shape index (κ2) is 9.27. The minimum Gasteiger partial charge on any atom is -0.389 e. The van der Waals surface area contributed by atoms with Crippen LogP contribution in [0.4, 0.5) is 0 Å². The van der Waals surface area contributed by atoms with Crippen LogP contribution in [0.5, 0.6) is 0 Å². The first-order valence-corrected chi connectivity index (χ1v) is 6.30. The molecule has 0 saturated heterocycles. The van der Waals surface area contributed by atoms with Gasteiger partial charge in [-0.1, -0.05) is 13.8 Å². The van der Waals surface area contributed by atoms with Crippen molar-refractivity contribution in [2.75, 3.05) is 19.7 Å². The van der Waals surface area contributed by atoms with Crippen molar-refractivity contribution in [1.29, 1.82) is 0 Å². The Labute approximate surface area is 109 Å². The van der Waals surface area contributed by atoms with Gasteiger partial charge >= 0.3 is 0 Å². The van der Waals surface area contributed by atoms with E-state index in [-0.39, 0.29) is 25.8 Å². The molecule has 0 heterocycles. The monoisotopic (exact) mass is 262 g/mol. The van der Waals surface area contributed by atoms with E-state index in [0.29, 0.717) is 5.92 Å².